The zero-order chi connectivity index (χ0) is 13.8. The molecule has 1 aliphatic rings. The van der Waals surface area contributed by atoms with E-state index in [-0.39, 0.29) is 23.2 Å². The van der Waals surface area contributed by atoms with Gasteiger partial charge >= 0.3 is 0 Å². The van der Waals surface area contributed by atoms with E-state index >= 15 is 0 Å². The molecule has 0 bridgehead atoms. The molecule has 0 unspecified atom stereocenters. The Morgan fingerprint density at radius 3 is 2.68 bits per heavy atom. The molecule has 2 N–H and O–H groups in total. The normalized spacial score (nSPS) is 16.1. The number of non-ortho nitro benzene ring substituents is 1. The van der Waals surface area contributed by atoms with Gasteiger partial charge in [0.05, 0.1) is 16.7 Å². The van der Waals surface area contributed by atoms with Crippen molar-refractivity contribution in [3.63, 3.8) is 0 Å². The van der Waals surface area contributed by atoms with Crippen molar-refractivity contribution in [1.29, 1.82) is 0 Å². The molecule has 102 valence electrons. The summed E-state index contributed by atoms with van der Waals surface area (Å²) >= 11 is 0. The number of nitro benzene ring substituents is 1. The maximum absolute atomic E-state index is 13.2. The summed E-state index contributed by atoms with van der Waals surface area (Å²) in [6.07, 6.45) is 1.42. The van der Waals surface area contributed by atoms with E-state index in [1.165, 1.54) is 0 Å². The van der Waals surface area contributed by atoms with Crippen LogP contribution in [0.15, 0.2) is 18.2 Å². The van der Waals surface area contributed by atoms with Crippen LogP contribution in [-0.2, 0) is 4.79 Å². The Hall–Kier alpha value is -2.02. The predicted octanol–water partition coefficient (Wildman–Crippen LogP) is 1.67. The van der Waals surface area contributed by atoms with Gasteiger partial charge in [-0.2, -0.15) is 0 Å². The number of carbonyl (C=O) groups excluding carboxylic acids is 1. The number of hydrogen-bond donors (Lipinski definition) is 2. The zero-order valence-electron chi connectivity index (χ0n) is 10.2. The lowest BCUT2D eigenvalue weighted by Gasteiger charge is -2.21. The molecule has 1 aromatic rings. The highest BCUT2D eigenvalue weighted by molar-refractivity contribution is 5.92. The van der Waals surface area contributed by atoms with Crippen LogP contribution in [0.25, 0.3) is 0 Å². The minimum absolute atomic E-state index is 0.121. The minimum Gasteiger partial charge on any atom is -0.325 e. The van der Waals surface area contributed by atoms with Gasteiger partial charge in [-0.15, -0.1) is 0 Å². The highest BCUT2D eigenvalue weighted by Gasteiger charge is 2.21. The van der Waals surface area contributed by atoms with Crippen molar-refractivity contribution in [2.75, 3.05) is 18.4 Å². The van der Waals surface area contributed by atoms with Gasteiger partial charge in [0.15, 0.2) is 0 Å². The minimum atomic E-state index is -0.741. The Morgan fingerprint density at radius 2 is 2.05 bits per heavy atom. The summed E-state index contributed by atoms with van der Waals surface area (Å²) < 4.78 is 13.2. The van der Waals surface area contributed by atoms with Crippen molar-refractivity contribution in [3.05, 3.63) is 34.1 Å². The number of piperidine rings is 1. The number of hydrogen-bond acceptors (Lipinski definition) is 4. The molecule has 7 heteroatoms. The third kappa shape index (κ3) is 3.47. The number of carbonyl (C=O) groups is 1. The van der Waals surface area contributed by atoms with Crippen LogP contribution in [0, 0.1) is 21.8 Å². The molecule has 2 rings (SSSR count). The van der Waals surface area contributed by atoms with Gasteiger partial charge in [-0.05, 0) is 32.0 Å². The Labute approximate surface area is 109 Å². The highest BCUT2D eigenvalue weighted by Crippen LogP contribution is 2.21. The van der Waals surface area contributed by atoms with Gasteiger partial charge in [-0.1, -0.05) is 0 Å². The van der Waals surface area contributed by atoms with E-state index < -0.39 is 10.7 Å². The van der Waals surface area contributed by atoms with Gasteiger partial charge in [0.25, 0.3) is 5.69 Å². The number of rotatable bonds is 3. The SMILES string of the molecule is O=C(Nc1cc(F)cc([N+](=O)[O-])c1)C1CCNCC1. The van der Waals surface area contributed by atoms with Crippen molar-refractivity contribution in [1.82, 2.24) is 5.32 Å². The predicted molar refractivity (Wildman–Crippen MR) is 67.3 cm³/mol. The lowest BCUT2D eigenvalue weighted by molar-refractivity contribution is -0.385. The Balaban J connectivity index is 2.09. The quantitative estimate of drug-likeness (QED) is 0.644. The smallest absolute Gasteiger partial charge is 0.274 e. The molecule has 0 aromatic heterocycles. The first-order valence-electron chi connectivity index (χ1n) is 6.03. The van der Waals surface area contributed by atoms with Gasteiger partial charge in [0.2, 0.25) is 5.91 Å². The Bertz CT molecular complexity index is 501. The van der Waals surface area contributed by atoms with Crippen LogP contribution in [0.2, 0.25) is 0 Å². The molecule has 0 aliphatic carbocycles. The van der Waals surface area contributed by atoms with Gasteiger partial charge in [-0.25, -0.2) is 4.39 Å². The van der Waals surface area contributed by atoms with E-state index in [4.69, 9.17) is 0 Å². The van der Waals surface area contributed by atoms with E-state index in [1.807, 2.05) is 0 Å². The molecule has 1 heterocycles. The molecule has 0 radical (unpaired) electrons. The third-order valence-electron chi connectivity index (χ3n) is 3.07. The van der Waals surface area contributed by atoms with Crippen molar-refractivity contribution in [3.8, 4) is 0 Å². The molecule has 1 aliphatic heterocycles. The average molecular weight is 267 g/mol. The van der Waals surface area contributed by atoms with Crippen molar-refractivity contribution in [2.45, 2.75) is 12.8 Å². The molecule has 1 fully saturated rings. The van der Waals surface area contributed by atoms with Crippen LogP contribution in [0.1, 0.15) is 12.8 Å². The monoisotopic (exact) mass is 267 g/mol. The number of nitrogens with zero attached hydrogens (tertiary/aromatic N) is 1. The summed E-state index contributed by atoms with van der Waals surface area (Å²) in [5, 5.41) is 16.3. The molecule has 0 saturated carbocycles. The van der Waals surface area contributed by atoms with Crippen LogP contribution in [0.4, 0.5) is 15.8 Å². The molecule has 1 amide bonds. The van der Waals surface area contributed by atoms with Crippen molar-refractivity contribution < 1.29 is 14.1 Å². The fourth-order valence-electron chi connectivity index (χ4n) is 2.08. The number of nitro groups is 1. The standard InChI is InChI=1S/C12H14FN3O3/c13-9-5-10(7-11(6-9)16(18)19)15-12(17)8-1-3-14-4-2-8/h5-8,14H,1-4H2,(H,15,17). The van der Waals surface area contributed by atoms with Crippen LogP contribution in [0.3, 0.4) is 0 Å². The largest absolute Gasteiger partial charge is 0.325 e. The van der Waals surface area contributed by atoms with Gasteiger partial charge in [0.1, 0.15) is 5.82 Å². The average Bonchev–Trinajstić information content (AvgIpc) is 2.39. The first kappa shape index (κ1) is 13.4. The number of amides is 1. The third-order valence-corrected chi connectivity index (χ3v) is 3.07. The van der Waals surface area contributed by atoms with Crippen molar-refractivity contribution in [2.24, 2.45) is 5.92 Å². The van der Waals surface area contributed by atoms with E-state index in [9.17, 15) is 19.3 Å². The summed E-state index contributed by atoms with van der Waals surface area (Å²) in [6.45, 7) is 1.53. The topological polar surface area (TPSA) is 84.3 Å². The second-order valence-corrected chi connectivity index (χ2v) is 4.47. The van der Waals surface area contributed by atoms with E-state index in [0.29, 0.717) is 12.8 Å². The molecule has 6 nitrogen and oxygen atoms in total. The summed E-state index contributed by atoms with van der Waals surface area (Å²) in [7, 11) is 0. The second kappa shape index (κ2) is 5.75. The molecule has 0 atom stereocenters. The van der Waals surface area contributed by atoms with E-state index in [0.717, 1.165) is 31.3 Å². The van der Waals surface area contributed by atoms with Gasteiger partial charge < -0.3 is 10.6 Å². The molecule has 1 saturated heterocycles. The lowest BCUT2D eigenvalue weighted by atomic mass is 9.97. The summed E-state index contributed by atoms with van der Waals surface area (Å²) in [6, 6.07) is 3.05. The molecule has 1 aromatic carbocycles. The van der Waals surface area contributed by atoms with Crippen LogP contribution >= 0.6 is 0 Å². The maximum atomic E-state index is 13.2. The zero-order valence-corrected chi connectivity index (χ0v) is 10.2. The molecular formula is C12H14FN3O3. The van der Waals surface area contributed by atoms with Crippen LogP contribution in [0.5, 0.6) is 0 Å². The number of anilines is 1. The van der Waals surface area contributed by atoms with Gasteiger partial charge in [-0.3, -0.25) is 14.9 Å². The fraction of sp³-hybridized carbons (Fsp3) is 0.417. The lowest BCUT2D eigenvalue weighted by Crippen LogP contribution is -2.34. The number of halogens is 1. The maximum Gasteiger partial charge on any atom is 0.274 e. The first-order valence-corrected chi connectivity index (χ1v) is 6.03. The Morgan fingerprint density at radius 1 is 1.37 bits per heavy atom. The first-order chi connectivity index (χ1) is 9.06. The number of nitrogens with one attached hydrogen (secondary N) is 2. The van der Waals surface area contributed by atoms with E-state index in [1.54, 1.807) is 0 Å². The van der Waals surface area contributed by atoms with Crippen LogP contribution < -0.4 is 10.6 Å². The highest BCUT2D eigenvalue weighted by atomic mass is 19.1. The molecular weight excluding hydrogens is 253 g/mol. The van der Waals surface area contributed by atoms with E-state index in [2.05, 4.69) is 10.6 Å². The molecule has 19 heavy (non-hydrogen) atoms. The van der Waals surface area contributed by atoms with Gasteiger partial charge in [0, 0.05) is 12.0 Å². The molecule has 0 spiro atoms. The van der Waals surface area contributed by atoms with Crippen LogP contribution in [-0.4, -0.2) is 23.9 Å². The summed E-state index contributed by atoms with van der Waals surface area (Å²) in [4.78, 5) is 21.8. The fourth-order valence-corrected chi connectivity index (χ4v) is 2.08. The number of benzene rings is 1. The second-order valence-electron chi connectivity index (χ2n) is 4.47. The summed E-state index contributed by atoms with van der Waals surface area (Å²) in [5.41, 5.74) is -0.254. The summed E-state index contributed by atoms with van der Waals surface area (Å²) in [5.74, 6) is -1.10. The Kier molecular flexibility index (Phi) is 4.06. The van der Waals surface area contributed by atoms with Crippen molar-refractivity contribution >= 4 is 17.3 Å².